The molecule has 0 aliphatic heterocycles. The van der Waals surface area contributed by atoms with E-state index in [2.05, 4.69) is 19.2 Å². The molecule has 0 aliphatic carbocycles. The summed E-state index contributed by atoms with van der Waals surface area (Å²) in [5, 5.41) is 2.86. The summed E-state index contributed by atoms with van der Waals surface area (Å²) in [4.78, 5) is 27.2. The van der Waals surface area contributed by atoms with Crippen LogP contribution in [-0.4, -0.2) is 25.0 Å². The quantitative estimate of drug-likeness (QED) is 0.485. The molecule has 3 aromatic rings. The van der Waals surface area contributed by atoms with Crippen molar-refractivity contribution >= 4 is 23.2 Å². The van der Waals surface area contributed by atoms with E-state index in [1.165, 1.54) is 0 Å². The van der Waals surface area contributed by atoms with Crippen LogP contribution in [0.15, 0.2) is 78.9 Å². The third-order valence-electron chi connectivity index (χ3n) is 5.56. The topological polar surface area (TPSA) is 58.6 Å². The lowest BCUT2D eigenvalue weighted by molar-refractivity contribution is -0.122. The second-order valence-corrected chi connectivity index (χ2v) is 7.88. The lowest BCUT2D eigenvalue weighted by Crippen LogP contribution is -2.31. The molecule has 5 heteroatoms. The average molecular weight is 431 g/mol. The van der Waals surface area contributed by atoms with E-state index in [-0.39, 0.29) is 11.8 Å². The second kappa shape index (κ2) is 10.6. The fourth-order valence-corrected chi connectivity index (χ4v) is 3.40. The van der Waals surface area contributed by atoms with Crippen molar-refractivity contribution in [1.29, 1.82) is 0 Å². The van der Waals surface area contributed by atoms with Crippen LogP contribution in [0.4, 0.5) is 11.4 Å². The summed E-state index contributed by atoms with van der Waals surface area (Å²) in [5.41, 5.74) is 2.93. The molecule has 0 saturated heterocycles. The van der Waals surface area contributed by atoms with Crippen molar-refractivity contribution in [1.82, 2.24) is 0 Å². The molecule has 5 nitrogen and oxygen atoms in total. The Morgan fingerprint density at radius 3 is 2.34 bits per heavy atom. The van der Waals surface area contributed by atoms with E-state index in [9.17, 15) is 9.59 Å². The maximum absolute atomic E-state index is 12.9. The van der Waals surface area contributed by atoms with Crippen LogP contribution in [0.2, 0.25) is 0 Å². The maximum Gasteiger partial charge on any atom is 0.265 e. The summed E-state index contributed by atoms with van der Waals surface area (Å²) >= 11 is 0. The fraction of sp³-hybridized carbons (Fsp3) is 0.259. The molecule has 0 aliphatic rings. The van der Waals surface area contributed by atoms with E-state index in [0.29, 0.717) is 17.2 Å². The van der Waals surface area contributed by atoms with Gasteiger partial charge in [0.1, 0.15) is 5.75 Å². The molecule has 2 unspecified atom stereocenters. The van der Waals surface area contributed by atoms with Gasteiger partial charge in [-0.15, -0.1) is 0 Å². The van der Waals surface area contributed by atoms with E-state index in [1.807, 2.05) is 54.6 Å². The zero-order chi connectivity index (χ0) is 23.1. The average Bonchev–Trinajstić information content (AvgIpc) is 2.83. The van der Waals surface area contributed by atoms with Crippen LogP contribution in [0.1, 0.15) is 49.0 Å². The molecule has 0 aromatic heterocycles. The van der Waals surface area contributed by atoms with Crippen LogP contribution in [0.25, 0.3) is 0 Å². The van der Waals surface area contributed by atoms with Gasteiger partial charge in [0.25, 0.3) is 11.8 Å². The van der Waals surface area contributed by atoms with Gasteiger partial charge in [0, 0.05) is 24.0 Å². The van der Waals surface area contributed by atoms with Gasteiger partial charge >= 0.3 is 0 Å². The number of benzene rings is 3. The molecule has 166 valence electrons. The molecule has 2 amide bonds. The zero-order valence-electron chi connectivity index (χ0n) is 19.0. The van der Waals surface area contributed by atoms with Crippen LogP contribution in [0, 0.1) is 0 Å². The van der Waals surface area contributed by atoms with Crippen molar-refractivity contribution in [3.63, 3.8) is 0 Å². The Kier molecular flexibility index (Phi) is 7.66. The monoisotopic (exact) mass is 430 g/mol. The predicted molar refractivity (Wildman–Crippen MR) is 129 cm³/mol. The van der Waals surface area contributed by atoms with Crippen molar-refractivity contribution < 1.29 is 14.3 Å². The number of nitrogens with one attached hydrogen (secondary N) is 1. The number of ether oxygens (including phenoxy) is 1. The number of hydrogen-bond donors (Lipinski definition) is 1. The SMILES string of the molecule is CCC(C)c1ccccc1OC(C)C(=O)Nc1cccc(C(=O)N(C)c2ccccc2)c1. The summed E-state index contributed by atoms with van der Waals surface area (Å²) in [6, 6.07) is 24.2. The minimum absolute atomic E-state index is 0.154. The highest BCUT2D eigenvalue weighted by molar-refractivity contribution is 6.06. The van der Waals surface area contributed by atoms with Crippen LogP contribution >= 0.6 is 0 Å². The highest BCUT2D eigenvalue weighted by atomic mass is 16.5. The molecule has 0 heterocycles. The van der Waals surface area contributed by atoms with Gasteiger partial charge in [-0.2, -0.15) is 0 Å². The molecule has 0 bridgehead atoms. The van der Waals surface area contributed by atoms with Gasteiger partial charge in [-0.05, 0) is 61.2 Å². The number of rotatable bonds is 8. The Bertz CT molecular complexity index is 1070. The van der Waals surface area contributed by atoms with Crippen LogP contribution in [0.5, 0.6) is 5.75 Å². The Balaban J connectivity index is 1.69. The Morgan fingerprint density at radius 2 is 1.62 bits per heavy atom. The summed E-state index contributed by atoms with van der Waals surface area (Å²) in [5.74, 6) is 0.632. The first-order chi connectivity index (χ1) is 15.4. The number of hydrogen-bond acceptors (Lipinski definition) is 3. The van der Waals surface area contributed by atoms with Crippen LogP contribution < -0.4 is 15.0 Å². The number of amides is 2. The van der Waals surface area contributed by atoms with E-state index in [0.717, 1.165) is 23.4 Å². The van der Waals surface area contributed by atoms with Gasteiger partial charge in [0.15, 0.2) is 6.10 Å². The molecular formula is C27H30N2O3. The normalized spacial score (nSPS) is 12.5. The lowest BCUT2D eigenvalue weighted by Gasteiger charge is -2.20. The molecule has 0 spiro atoms. The summed E-state index contributed by atoms with van der Waals surface area (Å²) in [6.07, 6.45) is 0.297. The summed E-state index contributed by atoms with van der Waals surface area (Å²) in [7, 11) is 1.73. The molecule has 3 aromatic carbocycles. The van der Waals surface area contributed by atoms with Gasteiger partial charge in [0.2, 0.25) is 0 Å². The standard InChI is InChI=1S/C27H30N2O3/c1-5-19(2)24-16-9-10-17-25(24)32-20(3)26(30)28-22-13-11-12-21(18-22)27(31)29(4)23-14-7-6-8-15-23/h6-20H,5H2,1-4H3,(H,28,30). The molecule has 32 heavy (non-hydrogen) atoms. The van der Waals surface area contributed by atoms with Gasteiger partial charge in [0.05, 0.1) is 0 Å². The molecular weight excluding hydrogens is 400 g/mol. The van der Waals surface area contributed by atoms with Crippen molar-refractivity contribution in [2.24, 2.45) is 0 Å². The van der Waals surface area contributed by atoms with Gasteiger partial charge in [-0.3, -0.25) is 9.59 Å². The van der Waals surface area contributed by atoms with E-state index < -0.39 is 6.10 Å². The number of nitrogens with zero attached hydrogens (tertiary/aromatic N) is 1. The Morgan fingerprint density at radius 1 is 0.938 bits per heavy atom. The summed E-state index contributed by atoms with van der Waals surface area (Å²) in [6.45, 7) is 5.99. The number of anilines is 2. The van der Waals surface area contributed by atoms with Crippen molar-refractivity contribution in [3.8, 4) is 5.75 Å². The highest BCUT2D eigenvalue weighted by Crippen LogP contribution is 2.29. The smallest absolute Gasteiger partial charge is 0.265 e. The molecule has 0 radical (unpaired) electrons. The maximum atomic E-state index is 12.9. The molecule has 3 rings (SSSR count). The molecule has 0 saturated carbocycles. The number of carbonyl (C=O) groups excluding carboxylic acids is 2. The third-order valence-corrected chi connectivity index (χ3v) is 5.56. The summed E-state index contributed by atoms with van der Waals surface area (Å²) < 4.78 is 5.99. The lowest BCUT2D eigenvalue weighted by atomic mass is 9.98. The predicted octanol–water partition coefficient (Wildman–Crippen LogP) is 5.88. The van der Waals surface area contributed by atoms with Crippen molar-refractivity contribution in [2.75, 3.05) is 17.3 Å². The van der Waals surface area contributed by atoms with Crippen LogP contribution in [0.3, 0.4) is 0 Å². The number of carbonyl (C=O) groups is 2. The first kappa shape index (κ1) is 23.1. The van der Waals surface area contributed by atoms with E-state index >= 15 is 0 Å². The highest BCUT2D eigenvalue weighted by Gasteiger charge is 2.19. The van der Waals surface area contributed by atoms with Gasteiger partial charge in [-0.1, -0.05) is 56.3 Å². The van der Waals surface area contributed by atoms with Crippen molar-refractivity contribution in [2.45, 2.75) is 39.2 Å². The van der Waals surface area contributed by atoms with Crippen molar-refractivity contribution in [3.05, 3.63) is 90.0 Å². The minimum Gasteiger partial charge on any atom is -0.481 e. The second-order valence-electron chi connectivity index (χ2n) is 7.88. The largest absolute Gasteiger partial charge is 0.481 e. The Hall–Kier alpha value is -3.60. The van der Waals surface area contributed by atoms with Gasteiger partial charge in [-0.25, -0.2) is 0 Å². The zero-order valence-corrected chi connectivity index (χ0v) is 19.0. The van der Waals surface area contributed by atoms with Crippen LogP contribution in [-0.2, 0) is 4.79 Å². The molecule has 0 fully saturated rings. The molecule has 2 atom stereocenters. The fourth-order valence-electron chi connectivity index (χ4n) is 3.40. The number of para-hydroxylation sites is 2. The van der Waals surface area contributed by atoms with Gasteiger partial charge < -0.3 is 15.0 Å². The first-order valence-corrected chi connectivity index (χ1v) is 10.9. The minimum atomic E-state index is -0.688. The first-order valence-electron chi connectivity index (χ1n) is 10.9. The third kappa shape index (κ3) is 5.55. The molecule has 1 N–H and O–H groups in total. The van der Waals surface area contributed by atoms with E-state index in [4.69, 9.17) is 4.74 Å². The van der Waals surface area contributed by atoms with E-state index in [1.54, 1.807) is 43.1 Å². The Labute approximate surface area is 190 Å².